The van der Waals surface area contributed by atoms with Crippen molar-refractivity contribution >= 4 is 0 Å². The Morgan fingerprint density at radius 1 is 1.20 bits per heavy atom. The Bertz CT molecular complexity index is 151. The standard InChI is InChI=1S/C13H27NO/c1-3-4-5-6-9-14-10-7-13(8-11-14)12(2)15/h12-13,15H,3-11H2,1-2H3/t12-/m1/s1. The van der Waals surface area contributed by atoms with Gasteiger partial charge in [-0.1, -0.05) is 26.2 Å². The Morgan fingerprint density at radius 2 is 1.87 bits per heavy atom. The maximum Gasteiger partial charge on any atom is 0.0541 e. The maximum absolute atomic E-state index is 9.49. The summed E-state index contributed by atoms with van der Waals surface area (Å²) in [4.78, 5) is 2.56. The summed E-state index contributed by atoms with van der Waals surface area (Å²) in [7, 11) is 0. The molecule has 0 unspecified atom stereocenters. The Labute approximate surface area is 94.7 Å². The molecular weight excluding hydrogens is 186 g/mol. The van der Waals surface area contributed by atoms with E-state index in [4.69, 9.17) is 0 Å². The van der Waals surface area contributed by atoms with Crippen molar-refractivity contribution in [3.05, 3.63) is 0 Å². The van der Waals surface area contributed by atoms with Crippen LogP contribution < -0.4 is 0 Å². The summed E-state index contributed by atoms with van der Waals surface area (Å²) in [6.45, 7) is 7.85. The number of hydrogen-bond donors (Lipinski definition) is 1. The number of hydrogen-bond acceptors (Lipinski definition) is 2. The Hall–Kier alpha value is -0.0800. The van der Waals surface area contributed by atoms with Gasteiger partial charge in [-0.2, -0.15) is 0 Å². The zero-order valence-electron chi connectivity index (χ0n) is 10.4. The average Bonchev–Trinajstić information content (AvgIpc) is 2.25. The van der Waals surface area contributed by atoms with E-state index in [0.29, 0.717) is 5.92 Å². The lowest BCUT2D eigenvalue weighted by Gasteiger charge is -2.33. The lowest BCUT2D eigenvalue weighted by Crippen LogP contribution is -2.37. The normalized spacial score (nSPS) is 21.8. The molecule has 2 nitrogen and oxygen atoms in total. The summed E-state index contributed by atoms with van der Waals surface area (Å²) in [5.41, 5.74) is 0. The number of unbranched alkanes of at least 4 members (excludes halogenated alkanes) is 3. The lowest BCUT2D eigenvalue weighted by atomic mass is 9.92. The van der Waals surface area contributed by atoms with Crippen molar-refractivity contribution in [3.8, 4) is 0 Å². The van der Waals surface area contributed by atoms with Crippen LogP contribution in [-0.4, -0.2) is 35.7 Å². The molecule has 15 heavy (non-hydrogen) atoms. The highest BCUT2D eigenvalue weighted by molar-refractivity contribution is 4.75. The van der Waals surface area contributed by atoms with E-state index >= 15 is 0 Å². The topological polar surface area (TPSA) is 23.5 Å². The number of aliphatic hydroxyl groups excluding tert-OH is 1. The number of piperidine rings is 1. The van der Waals surface area contributed by atoms with Crippen LogP contribution in [0.2, 0.25) is 0 Å². The van der Waals surface area contributed by atoms with Gasteiger partial charge in [-0.05, 0) is 51.7 Å². The van der Waals surface area contributed by atoms with E-state index < -0.39 is 0 Å². The van der Waals surface area contributed by atoms with E-state index in [1.165, 1.54) is 58.2 Å². The number of rotatable bonds is 6. The van der Waals surface area contributed by atoms with Gasteiger partial charge in [-0.15, -0.1) is 0 Å². The molecule has 0 aromatic rings. The predicted molar refractivity (Wildman–Crippen MR) is 65.0 cm³/mol. The first kappa shape index (κ1) is 13.0. The second-order valence-corrected chi connectivity index (χ2v) is 4.98. The third-order valence-corrected chi connectivity index (χ3v) is 3.64. The van der Waals surface area contributed by atoms with Gasteiger partial charge in [-0.25, -0.2) is 0 Å². The van der Waals surface area contributed by atoms with Crippen LogP contribution in [0.1, 0.15) is 52.4 Å². The van der Waals surface area contributed by atoms with Crippen LogP contribution in [0, 0.1) is 5.92 Å². The van der Waals surface area contributed by atoms with Gasteiger partial charge in [0.2, 0.25) is 0 Å². The molecule has 1 rings (SSSR count). The molecule has 0 spiro atoms. The van der Waals surface area contributed by atoms with Gasteiger partial charge in [-0.3, -0.25) is 0 Å². The molecule has 1 heterocycles. The zero-order valence-corrected chi connectivity index (χ0v) is 10.4. The SMILES string of the molecule is CCCCCCN1CCC([C@@H](C)O)CC1. The van der Waals surface area contributed by atoms with Gasteiger partial charge < -0.3 is 10.0 Å². The molecule has 1 aliphatic heterocycles. The minimum Gasteiger partial charge on any atom is -0.393 e. The summed E-state index contributed by atoms with van der Waals surface area (Å²) >= 11 is 0. The highest BCUT2D eigenvalue weighted by atomic mass is 16.3. The number of nitrogens with zero attached hydrogens (tertiary/aromatic N) is 1. The summed E-state index contributed by atoms with van der Waals surface area (Å²) in [5, 5.41) is 9.49. The molecule has 0 aliphatic carbocycles. The molecule has 1 N–H and O–H groups in total. The first-order valence-corrected chi connectivity index (χ1v) is 6.64. The van der Waals surface area contributed by atoms with Crippen LogP contribution in [0.5, 0.6) is 0 Å². The van der Waals surface area contributed by atoms with Crippen molar-refractivity contribution in [2.45, 2.75) is 58.5 Å². The van der Waals surface area contributed by atoms with E-state index in [1.54, 1.807) is 0 Å². The fraction of sp³-hybridized carbons (Fsp3) is 1.00. The fourth-order valence-corrected chi connectivity index (χ4v) is 2.42. The van der Waals surface area contributed by atoms with Crippen molar-refractivity contribution in [1.29, 1.82) is 0 Å². The minimum absolute atomic E-state index is 0.104. The highest BCUT2D eigenvalue weighted by Crippen LogP contribution is 2.20. The smallest absolute Gasteiger partial charge is 0.0541 e. The molecule has 0 aromatic heterocycles. The van der Waals surface area contributed by atoms with Crippen LogP contribution in [0.25, 0.3) is 0 Å². The average molecular weight is 213 g/mol. The molecule has 0 bridgehead atoms. The largest absolute Gasteiger partial charge is 0.393 e. The fourth-order valence-electron chi connectivity index (χ4n) is 2.42. The van der Waals surface area contributed by atoms with Crippen molar-refractivity contribution in [3.63, 3.8) is 0 Å². The molecular formula is C13H27NO. The van der Waals surface area contributed by atoms with E-state index in [-0.39, 0.29) is 6.10 Å². The third kappa shape index (κ3) is 4.98. The molecule has 1 atom stereocenters. The summed E-state index contributed by atoms with van der Waals surface area (Å²) < 4.78 is 0. The van der Waals surface area contributed by atoms with Crippen LogP contribution >= 0.6 is 0 Å². The van der Waals surface area contributed by atoms with Crippen molar-refractivity contribution in [2.75, 3.05) is 19.6 Å². The van der Waals surface area contributed by atoms with Gasteiger partial charge >= 0.3 is 0 Å². The van der Waals surface area contributed by atoms with Gasteiger partial charge in [0.05, 0.1) is 6.10 Å². The molecule has 0 aromatic carbocycles. The number of likely N-dealkylation sites (tertiary alicyclic amines) is 1. The highest BCUT2D eigenvalue weighted by Gasteiger charge is 2.21. The van der Waals surface area contributed by atoms with Crippen LogP contribution in [0.3, 0.4) is 0 Å². The predicted octanol–water partition coefficient (Wildman–Crippen LogP) is 2.66. The Morgan fingerprint density at radius 3 is 2.40 bits per heavy atom. The van der Waals surface area contributed by atoms with Gasteiger partial charge in [0.1, 0.15) is 0 Å². The van der Waals surface area contributed by atoms with Crippen molar-refractivity contribution in [2.24, 2.45) is 5.92 Å². The summed E-state index contributed by atoms with van der Waals surface area (Å²) in [6, 6.07) is 0. The number of aliphatic hydroxyl groups is 1. The van der Waals surface area contributed by atoms with E-state index in [2.05, 4.69) is 11.8 Å². The molecule has 1 aliphatic rings. The lowest BCUT2D eigenvalue weighted by molar-refractivity contribution is 0.0713. The zero-order chi connectivity index (χ0) is 11.1. The molecule has 0 amide bonds. The van der Waals surface area contributed by atoms with E-state index in [0.717, 1.165) is 0 Å². The van der Waals surface area contributed by atoms with Crippen LogP contribution in [-0.2, 0) is 0 Å². The first-order valence-electron chi connectivity index (χ1n) is 6.64. The van der Waals surface area contributed by atoms with Gasteiger partial charge in [0.25, 0.3) is 0 Å². The molecule has 0 saturated carbocycles. The van der Waals surface area contributed by atoms with Crippen LogP contribution in [0.15, 0.2) is 0 Å². The molecule has 90 valence electrons. The molecule has 1 fully saturated rings. The van der Waals surface area contributed by atoms with E-state index in [9.17, 15) is 5.11 Å². The Balaban J connectivity index is 2.04. The monoisotopic (exact) mass is 213 g/mol. The quantitative estimate of drug-likeness (QED) is 0.686. The second-order valence-electron chi connectivity index (χ2n) is 4.98. The second kappa shape index (κ2) is 7.24. The van der Waals surface area contributed by atoms with E-state index in [1.807, 2.05) is 6.92 Å². The van der Waals surface area contributed by atoms with Gasteiger partial charge in [0.15, 0.2) is 0 Å². The first-order chi connectivity index (χ1) is 7.24. The third-order valence-electron chi connectivity index (χ3n) is 3.64. The summed E-state index contributed by atoms with van der Waals surface area (Å²) in [5.74, 6) is 0.553. The summed E-state index contributed by atoms with van der Waals surface area (Å²) in [6.07, 6.45) is 7.71. The van der Waals surface area contributed by atoms with Crippen molar-refractivity contribution < 1.29 is 5.11 Å². The molecule has 2 heteroatoms. The van der Waals surface area contributed by atoms with Crippen LogP contribution in [0.4, 0.5) is 0 Å². The Kier molecular flexibility index (Phi) is 6.26. The molecule has 0 radical (unpaired) electrons. The maximum atomic E-state index is 9.49. The van der Waals surface area contributed by atoms with Gasteiger partial charge in [0, 0.05) is 0 Å². The molecule has 1 saturated heterocycles. The minimum atomic E-state index is -0.104. The van der Waals surface area contributed by atoms with Crippen molar-refractivity contribution in [1.82, 2.24) is 4.90 Å².